The third kappa shape index (κ3) is 5.31. The molecule has 0 aromatic heterocycles. The number of hydrogen-bond donors (Lipinski definition) is 1. The number of oxime groups is 1. The molecule has 0 aliphatic rings. The maximum atomic E-state index is 8.34. The van der Waals surface area contributed by atoms with E-state index in [-0.39, 0.29) is 6.61 Å². The molecule has 0 amide bonds. The number of rotatable bonds is 5. The summed E-state index contributed by atoms with van der Waals surface area (Å²) in [6.45, 7) is 5.90. The molecule has 3 heteroatoms. The van der Waals surface area contributed by atoms with E-state index in [9.17, 15) is 0 Å². The average Bonchev–Trinajstić information content (AvgIpc) is 1.98. The largest absolute Gasteiger partial charge is 0.396 e. The molecular formula is C7H13NO2. The molecule has 0 aromatic rings. The summed E-state index contributed by atoms with van der Waals surface area (Å²) >= 11 is 0. The van der Waals surface area contributed by atoms with E-state index in [1.54, 1.807) is 13.0 Å². The van der Waals surface area contributed by atoms with E-state index in [1.165, 1.54) is 0 Å². The van der Waals surface area contributed by atoms with Crippen molar-refractivity contribution in [1.29, 1.82) is 0 Å². The van der Waals surface area contributed by atoms with Crippen molar-refractivity contribution < 1.29 is 9.94 Å². The van der Waals surface area contributed by atoms with Crippen LogP contribution in [0.4, 0.5) is 0 Å². The number of aliphatic hydroxyl groups excluding tert-OH is 1. The van der Waals surface area contributed by atoms with Gasteiger partial charge in [-0.3, -0.25) is 0 Å². The van der Waals surface area contributed by atoms with Crippen LogP contribution in [-0.4, -0.2) is 24.0 Å². The smallest absolute Gasteiger partial charge is 0.119 e. The highest BCUT2D eigenvalue weighted by Gasteiger charge is 1.83. The first-order chi connectivity index (χ1) is 4.81. The molecule has 0 rings (SSSR count). The minimum atomic E-state index is 0.142. The lowest BCUT2D eigenvalue weighted by molar-refractivity contribution is 0.124. The van der Waals surface area contributed by atoms with Crippen molar-refractivity contribution in [3.05, 3.63) is 12.7 Å². The van der Waals surface area contributed by atoms with Crippen LogP contribution in [0.2, 0.25) is 0 Å². The van der Waals surface area contributed by atoms with Crippen LogP contribution in [0.15, 0.2) is 17.8 Å². The van der Waals surface area contributed by atoms with Gasteiger partial charge in [0.1, 0.15) is 6.61 Å². The molecule has 0 aromatic carbocycles. The van der Waals surface area contributed by atoms with Crippen LogP contribution in [0, 0.1) is 0 Å². The lowest BCUT2D eigenvalue weighted by Gasteiger charge is -1.95. The Kier molecular flexibility index (Phi) is 5.77. The number of nitrogens with zero attached hydrogens (tertiary/aromatic N) is 1. The lowest BCUT2D eigenvalue weighted by atomic mass is 10.4. The van der Waals surface area contributed by atoms with Crippen LogP contribution < -0.4 is 0 Å². The molecule has 0 bridgehead atoms. The molecule has 0 spiro atoms. The zero-order valence-electron chi connectivity index (χ0n) is 6.21. The van der Waals surface area contributed by atoms with Gasteiger partial charge in [0.15, 0.2) is 0 Å². The van der Waals surface area contributed by atoms with Gasteiger partial charge in [0.05, 0.1) is 5.71 Å². The molecule has 0 heterocycles. The predicted octanol–water partition coefficient (Wildman–Crippen LogP) is 0.947. The minimum Gasteiger partial charge on any atom is -0.396 e. The Morgan fingerprint density at radius 2 is 2.50 bits per heavy atom. The highest BCUT2D eigenvalue weighted by atomic mass is 16.6. The molecule has 0 aliphatic heterocycles. The van der Waals surface area contributed by atoms with Gasteiger partial charge >= 0.3 is 0 Å². The second-order valence-electron chi connectivity index (χ2n) is 1.85. The van der Waals surface area contributed by atoms with Crippen molar-refractivity contribution >= 4 is 5.71 Å². The Morgan fingerprint density at radius 1 is 1.80 bits per heavy atom. The van der Waals surface area contributed by atoms with Gasteiger partial charge in [-0.2, -0.15) is 0 Å². The van der Waals surface area contributed by atoms with Crippen molar-refractivity contribution in [1.82, 2.24) is 0 Å². The van der Waals surface area contributed by atoms with Crippen LogP contribution in [0.1, 0.15) is 13.3 Å². The van der Waals surface area contributed by atoms with Gasteiger partial charge in [0, 0.05) is 13.0 Å². The fraction of sp³-hybridized carbons (Fsp3) is 0.571. The Balaban J connectivity index is 3.24. The summed E-state index contributed by atoms with van der Waals surface area (Å²) in [4.78, 5) is 4.78. The van der Waals surface area contributed by atoms with Crippen molar-refractivity contribution in [3.8, 4) is 0 Å². The monoisotopic (exact) mass is 143 g/mol. The number of aliphatic hydroxyl groups is 1. The fourth-order valence-corrected chi connectivity index (χ4v) is 0.314. The zero-order chi connectivity index (χ0) is 7.82. The Bertz CT molecular complexity index is 121. The first-order valence-electron chi connectivity index (χ1n) is 3.21. The highest BCUT2D eigenvalue weighted by molar-refractivity contribution is 5.91. The summed E-state index contributed by atoms with van der Waals surface area (Å²) in [6.07, 6.45) is 2.23. The van der Waals surface area contributed by atoms with Gasteiger partial charge in [0.25, 0.3) is 0 Å². The van der Waals surface area contributed by atoms with Crippen LogP contribution in [0.25, 0.3) is 0 Å². The van der Waals surface area contributed by atoms with Crippen molar-refractivity contribution in [2.24, 2.45) is 5.16 Å². The van der Waals surface area contributed by atoms with Gasteiger partial charge in [-0.25, -0.2) is 0 Å². The summed E-state index contributed by atoms with van der Waals surface area (Å²) in [7, 11) is 0. The highest BCUT2D eigenvalue weighted by Crippen LogP contribution is 1.84. The van der Waals surface area contributed by atoms with E-state index < -0.39 is 0 Å². The molecule has 58 valence electrons. The molecule has 0 radical (unpaired) electrons. The molecule has 0 atom stereocenters. The van der Waals surface area contributed by atoms with Crippen molar-refractivity contribution in [2.75, 3.05) is 13.2 Å². The van der Waals surface area contributed by atoms with Crippen LogP contribution in [0.3, 0.4) is 0 Å². The topological polar surface area (TPSA) is 41.8 Å². The zero-order valence-corrected chi connectivity index (χ0v) is 6.21. The number of hydrogen-bond acceptors (Lipinski definition) is 3. The van der Waals surface area contributed by atoms with E-state index in [2.05, 4.69) is 11.7 Å². The second kappa shape index (κ2) is 6.29. The van der Waals surface area contributed by atoms with Gasteiger partial charge in [-0.1, -0.05) is 11.7 Å². The Hall–Kier alpha value is -0.830. The summed E-state index contributed by atoms with van der Waals surface area (Å²) in [5.41, 5.74) is 0.748. The lowest BCUT2D eigenvalue weighted by Crippen LogP contribution is -1.94. The third-order valence-corrected chi connectivity index (χ3v) is 0.898. The van der Waals surface area contributed by atoms with Gasteiger partial charge in [0.2, 0.25) is 0 Å². The summed E-state index contributed by atoms with van der Waals surface area (Å²) in [5.74, 6) is 0. The molecule has 0 unspecified atom stereocenters. The van der Waals surface area contributed by atoms with Gasteiger partial charge < -0.3 is 9.94 Å². The van der Waals surface area contributed by atoms with E-state index in [4.69, 9.17) is 9.94 Å². The third-order valence-electron chi connectivity index (χ3n) is 0.898. The molecule has 0 saturated carbocycles. The molecule has 0 fully saturated rings. The van der Waals surface area contributed by atoms with E-state index in [1.807, 2.05) is 0 Å². The first kappa shape index (κ1) is 9.17. The molecule has 3 nitrogen and oxygen atoms in total. The van der Waals surface area contributed by atoms with E-state index >= 15 is 0 Å². The van der Waals surface area contributed by atoms with Gasteiger partial charge in [-0.15, -0.1) is 0 Å². The second-order valence-corrected chi connectivity index (χ2v) is 1.85. The molecule has 10 heavy (non-hydrogen) atoms. The Morgan fingerprint density at radius 3 is 3.00 bits per heavy atom. The summed E-state index contributed by atoms with van der Waals surface area (Å²) in [6, 6.07) is 0. The maximum Gasteiger partial charge on any atom is 0.119 e. The number of allylic oxidation sites excluding steroid dienone is 1. The summed E-state index contributed by atoms with van der Waals surface area (Å²) in [5, 5.41) is 12.0. The first-order valence-corrected chi connectivity index (χ1v) is 3.21. The maximum absolute atomic E-state index is 8.34. The standard InChI is InChI=1S/C7H13NO2/c1-3-7(2)8-10-6-4-5-9/h3,9H,1,4-6H2,2H3/b8-7+. The van der Waals surface area contributed by atoms with Crippen molar-refractivity contribution in [3.63, 3.8) is 0 Å². The Labute approximate surface area is 61.0 Å². The van der Waals surface area contributed by atoms with E-state index in [0.29, 0.717) is 13.0 Å². The molecule has 0 saturated heterocycles. The quantitative estimate of drug-likeness (QED) is 0.353. The summed E-state index contributed by atoms with van der Waals surface area (Å²) < 4.78 is 0. The van der Waals surface area contributed by atoms with E-state index in [0.717, 1.165) is 5.71 Å². The van der Waals surface area contributed by atoms with Crippen LogP contribution in [-0.2, 0) is 4.84 Å². The van der Waals surface area contributed by atoms with Crippen LogP contribution in [0.5, 0.6) is 0 Å². The molecule has 1 N–H and O–H groups in total. The average molecular weight is 143 g/mol. The van der Waals surface area contributed by atoms with Crippen LogP contribution >= 0.6 is 0 Å². The SMILES string of the molecule is C=C/C(C)=N/OCCCO. The normalized spacial score (nSPS) is 11.2. The fourth-order valence-electron chi connectivity index (χ4n) is 0.314. The molecule has 0 aliphatic carbocycles. The molecular weight excluding hydrogens is 130 g/mol. The van der Waals surface area contributed by atoms with Crippen molar-refractivity contribution in [2.45, 2.75) is 13.3 Å². The predicted molar refractivity (Wildman–Crippen MR) is 41.0 cm³/mol. The minimum absolute atomic E-state index is 0.142. The van der Waals surface area contributed by atoms with Gasteiger partial charge in [-0.05, 0) is 13.0 Å².